The topological polar surface area (TPSA) is 68.5 Å². The highest BCUT2D eigenvalue weighted by Gasteiger charge is 2.30. The maximum absolute atomic E-state index is 13.1. The zero-order valence-corrected chi connectivity index (χ0v) is 25.8. The zero-order valence-electron chi connectivity index (χ0n) is 22.7. The Labute approximate surface area is 253 Å². The van der Waals surface area contributed by atoms with Crippen molar-refractivity contribution in [3.63, 3.8) is 0 Å². The highest BCUT2D eigenvalue weighted by Crippen LogP contribution is 2.36. The van der Waals surface area contributed by atoms with Gasteiger partial charge in [0.05, 0.1) is 22.2 Å². The fourth-order valence-corrected chi connectivity index (χ4v) is 6.93. The summed E-state index contributed by atoms with van der Waals surface area (Å²) in [5.74, 6) is 2.89. The molecule has 1 aliphatic rings. The molecule has 40 heavy (non-hydrogen) atoms. The first-order valence-corrected chi connectivity index (χ1v) is 15.8. The van der Waals surface area contributed by atoms with E-state index in [-0.39, 0.29) is 10.7 Å². The van der Waals surface area contributed by atoms with Crippen LogP contribution >= 0.6 is 46.3 Å². The number of methoxy groups -OCH3 is 1. The van der Waals surface area contributed by atoms with Gasteiger partial charge in [-0.1, -0.05) is 60.4 Å². The van der Waals surface area contributed by atoms with Gasteiger partial charge in [-0.15, -0.1) is 11.3 Å². The monoisotopic (exact) mass is 615 g/mol. The van der Waals surface area contributed by atoms with Crippen molar-refractivity contribution in [2.75, 3.05) is 20.2 Å². The van der Waals surface area contributed by atoms with E-state index in [0.717, 1.165) is 53.7 Å². The first-order valence-electron chi connectivity index (χ1n) is 13.1. The molecule has 0 aliphatic carbocycles. The fourth-order valence-electron chi connectivity index (χ4n) is 4.68. The highest BCUT2D eigenvalue weighted by molar-refractivity contribution is 7.99. The molecule has 6 nitrogen and oxygen atoms in total. The normalized spacial score (nSPS) is 14.5. The average Bonchev–Trinajstić information content (AvgIpc) is 3.64. The lowest BCUT2D eigenvalue weighted by Gasteiger charge is -2.33. The number of halogens is 2. The maximum Gasteiger partial charge on any atom is 0.223 e. The fraction of sp³-hybridized carbons (Fsp3) is 0.367. The summed E-state index contributed by atoms with van der Waals surface area (Å²) < 4.78 is 10.7. The van der Waals surface area contributed by atoms with Gasteiger partial charge in [0.1, 0.15) is 17.1 Å². The number of carbonyl (C=O) groups is 1. The lowest BCUT2D eigenvalue weighted by Crippen LogP contribution is -2.40. The molecule has 1 fully saturated rings. The Morgan fingerprint density at radius 1 is 1.10 bits per heavy atom. The molecule has 0 saturated carbocycles. The van der Waals surface area contributed by atoms with Gasteiger partial charge in [-0.25, -0.2) is 4.98 Å². The predicted octanol–water partition coefficient (Wildman–Crippen LogP) is 8.59. The van der Waals surface area contributed by atoms with Gasteiger partial charge in [-0.2, -0.15) is 11.8 Å². The van der Waals surface area contributed by atoms with E-state index < -0.39 is 0 Å². The van der Waals surface area contributed by atoms with Crippen molar-refractivity contribution in [2.45, 2.75) is 49.5 Å². The quantitative estimate of drug-likeness (QED) is 0.188. The molecule has 1 saturated heterocycles. The van der Waals surface area contributed by atoms with Gasteiger partial charge >= 0.3 is 0 Å². The van der Waals surface area contributed by atoms with Crippen molar-refractivity contribution >= 4 is 52.2 Å². The van der Waals surface area contributed by atoms with Gasteiger partial charge in [0.2, 0.25) is 5.91 Å². The molecular weight excluding hydrogens is 585 g/mol. The minimum absolute atomic E-state index is 0.147. The second-order valence-corrected chi connectivity index (χ2v) is 13.9. The first-order chi connectivity index (χ1) is 19.2. The second-order valence-electron chi connectivity index (χ2n) is 10.5. The van der Waals surface area contributed by atoms with Crippen LogP contribution in [0.15, 0.2) is 58.4 Å². The molecule has 3 heterocycles. The molecule has 1 amide bonds. The number of hydrogen-bond donors (Lipinski definition) is 0. The molecule has 210 valence electrons. The van der Waals surface area contributed by atoms with E-state index in [9.17, 15) is 4.79 Å². The summed E-state index contributed by atoms with van der Waals surface area (Å²) in [7, 11) is 1.67. The molecule has 2 aromatic heterocycles. The lowest BCUT2D eigenvalue weighted by atomic mass is 9.96. The van der Waals surface area contributed by atoms with Gasteiger partial charge in [-0.05, 0) is 42.7 Å². The van der Waals surface area contributed by atoms with Gasteiger partial charge < -0.3 is 14.2 Å². The van der Waals surface area contributed by atoms with Crippen LogP contribution in [0.5, 0.6) is 5.75 Å². The highest BCUT2D eigenvalue weighted by atomic mass is 35.5. The Bertz CT molecular complexity index is 1460. The number of thioether (sulfide) groups is 1. The summed E-state index contributed by atoms with van der Waals surface area (Å²) >= 11 is 15.6. The number of rotatable bonds is 9. The summed E-state index contributed by atoms with van der Waals surface area (Å²) in [6, 6.07) is 15.4. The first kappa shape index (κ1) is 29.0. The van der Waals surface area contributed by atoms with Crippen molar-refractivity contribution in [3.8, 4) is 28.5 Å². The number of ether oxygens (including phenoxy) is 1. The van der Waals surface area contributed by atoms with Crippen molar-refractivity contribution in [1.82, 2.24) is 15.0 Å². The number of nitrogens with zero attached hydrogens (tertiary/aromatic N) is 3. The van der Waals surface area contributed by atoms with Crippen LogP contribution in [0.3, 0.4) is 0 Å². The number of aromatic nitrogens is 2. The Morgan fingerprint density at radius 2 is 1.85 bits per heavy atom. The Hall–Kier alpha value is -2.52. The van der Waals surface area contributed by atoms with Crippen molar-refractivity contribution in [1.29, 1.82) is 0 Å². The maximum atomic E-state index is 13.1. The van der Waals surface area contributed by atoms with E-state index >= 15 is 0 Å². The Morgan fingerprint density at radius 3 is 2.55 bits per heavy atom. The molecule has 0 unspecified atom stereocenters. The second kappa shape index (κ2) is 12.6. The van der Waals surface area contributed by atoms with Crippen LogP contribution < -0.4 is 4.74 Å². The molecule has 10 heteroatoms. The van der Waals surface area contributed by atoms with E-state index in [4.69, 9.17) is 37.4 Å². The predicted molar refractivity (Wildman–Crippen MR) is 165 cm³/mol. The largest absolute Gasteiger partial charge is 0.497 e. The van der Waals surface area contributed by atoms with Crippen LogP contribution in [0.1, 0.15) is 49.6 Å². The minimum atomic E-state index is -0.147. The Kier molecular flexibility index (Phi) is 9.10. The number of thiazole rings is 1. The summed E-state index contributed by atoms with van der Waals surface area (Å²) in [4.78, 5) is 20.0. The number of hydrogen-bond acceptors (Lipinski definition) is 7. The van der Waals surface area contributed by atoms with Gasteiger partial charge in [0.15, 0.2) is 5.76 Å². The van der Waals surface area contributed by atoms with E-state index in [0.29, 0.717) is 33.8 Å². The summed E-state index contributed by atoms with van der Waals surface area (Å²) in [6.45, 7) is 5.81. The van der Waals surface area contributed by atoms with Crippen LogP contribution in [-0.2, 0) is 10.5 Å². The van der Waals surface area contributed by atoms with Crippen LogP contribution in [0.4, 0.5) is 0 Å². The number of benzene rings is 2. The molecule has 4 aromatic rings. The number of amides is 1. The number of piperidine rings is 1. The number of likely N-dealkylation sites (tertiary alicyclic amines) is 1. The third kappa shape index (κ3) is 7.03. The average molecular weight is 617 g/mol. The lowest BCUT2D eigenvalue weighted by molar-refractivity contribution is -0.132. The van der Waals surface area contributed by atoms with Gasteiger partial charge in [-0.3, -0.25) is 4.79 Å². The molecule has 0 spiro atoms. The van der Waals surface area contributed by atoms with E-state index in [1.54, 1.807) is 30.6 Å². The zero-order chi connectivity index (χ0) is 28.3. The van der Waals surface area contributed by atoms with E-state index in [2.05, 4.69) is 31.1 Å². The Balaban J connectivity index is 1.13. The van der Waals surface area contributed by atoms with Gasteiger partial charge in [0.25, 0.3) is 0 Å². The molecule has 0 bridgehead atoms. The molecule has 1 aliphatic heterocycles. The SMILES string of the molecule is COc1ccc(CSC(C)(C)CC(=O)N2CCC(c3nc(-c4cc(-c5ccc(Cl)c(Cl)c5)no4)cs3)CC2)cc1. The summed E-state index contributed by atoms with van der Waals surface area (Å²) in [6.07, 6.45) is 2.33. The van der Waals surface area contributed by atoms with E-state index in [1.807, 2.05) is 46.3 Å². The molecule has 2 aromatic carbocycles. The molecule has 5 rings (SSSR count). The smallest absolute Gasteiger partial charge is 0.223 e. The molecule has 0 N–H and O–H groups in total. The summed E-state index contributed by atoms with van der Waals surface area (Å²) in [5.41, 5.74) is 3.51. The van der Waals surface area contributed by atoms with Gasteiger partial charge in [0, 0.05) is 52.9 Å². The standard InChI is InChI=1S/C30H31Cl2N3O3S2/c1-30(2,40-17-19-4-7-22(37-3)8-5-19)16-28(36)35-12-10-20(11-13-35)29-33-26(18-39-29)27-15-25(34-38-27)21-6-9-23(31)24(32)14-21/h4-9,14-15,18,20H,10-13,16-17H2,1-3H3. The third-order valence-electron chi connectivity index (χ3n) is 7.06. The molecule has 0 radical (unpaired) electrons. The van der Waals surface area contributed by atoms with E-state index in [1.165, 1.54) is 5.56 Å². The van der Waals surface area contributed by atoms with Crippen LogP contribution in [0, 0.1) is 0 Å². The molecular formula is C30H31Cl2N3O3S2. The van der Waals surface area contributed by atoms with Crippen LogP contribution in [0.2, 0.25) is 10.0 Å². The number of carbonyl (C=O) groups excluding carboxylic acids is 1. The minimum Gasteiger partial charge on any atom is -0.497 e. The molecule has 0 atom stereocenters. The van der Waals surface area contributed by atoms with Crippen LogP contribution in [0.25, 0.3) is 22.7 Å². The summed E-state index contributed by atoms with van der Waals surface area (Å²) in [5, 5.41) is 8.24. The van der Waals surface area contributed by atoms with Crippen molar-refractivity contribution in [3.05, 3.63) is 74.5 Å². The van der Waals surface area contributed by atoms with Crippen LogP contribution in [-0.4, -0.2) is 45.9 Å². The van der Waals surface area contributed by atoms with Crippen molar-refractivity contribution in [2.24, 2.45) is 0 Å². The third-order valence-corrected chi connectivity index (χ3v) is 10.2. The van der Waals surface area contributed by atoms with Crippen molar-refractivity contribution < 1.29 is 14.1 Å².